The van der Waals surface area contributed by atoms with Crippen LogP contribution in [0.15, 0.2) is 18.2 Å². The maximum absolute atomic E-state index is 5.76. The van der Waals surface area contributed by atoms with Gasteiger partial charge < -0.3 is 9.47 Å². The summed E-state index contributed by atoms with van der Waals surface area (Å²) >= 11 is 0. The average molecular weight is 220 g/mol. The molecule has 0 N–H and O–H groups in total. The molecule has 1 aromatic rings. The third-order valence-corrected chi connectivity index (χ3v) is 3.59. The number of hydrogen-bond acceptors (Lipinski definition) is 2. The van der Waals surface area contributed by atoms with E-state index in [1.807, 2.05) is 13.2 Å². The molecule has 0 aliphatic heterocycles. The summed E-state index contributed by atoms with van der Waals surface area (Å²) in [6.45, 7) is 2.21. The summed E-state index contributed by atoms with van der Waals surface area (Å²) in [5.74, 6) is 0.974. The second-order valence-corrected chi connectivity index (χ2v) is 4.47. The monoisotopic (exact) mass is 220 g/mol. The number of benzene rings is 1. The molecule has 0 saturated carbocycles. The summed E-state index contributed by atoms with van der Waals surface area (Å²) < 4.78 is 11.2. The van der Waals surface area contributed by atoms with Crippen molar-refractivity contribution in [3.05, 3.63) is 29.3 Å². The Kier molecular flexibility index (Phi) is 3.20. The number of hydrogen-bond donors (Lipinski definition) is 0. The van der Waals surface area contributed by atoms with Crippen LogP contribution in [0.4, 0.5) is 0 Å². The van der Waals surface area contributed by atoms with Crippen LogP contribution in [0.5, 0.6) is 5.75 Å². The molecule has 1 unspecified atom stereocenters. The molecule has 0 heterocycles. The molecule has 0 bridgehead atoms. The van der Waals surface area contributed by atoms with Crippen LogP contribution in [0.2, 0.25) is 0 Å². The van der Waals surface area contributed by atoms with E-state index in [4.69, 9.17) is 9.47 Å². The fourth-order valence-corrected chi connectivity index (χ4v) is 2.65. The van der Waals surface area contributed by atoms with E-state index in [9.17, 15) is 0 Å². The number of ether oxygens (including phenoxy) is 2. The molecular formula is C14H20O2. The van der Waals surface area contributed by atoms with E-state index in [1.54, 1.807) is 7.11 Å². The SMILES string of the molecule is CCCCC1(OC)Cc2cccc(OC)c21. The van der Waals surface area contributed by atoms with Crippen LogP contribution in [0, 0.1) is 0 Å². The van der Waals surface area contributed by atoms with Crippen LogP contribution < -0.4 is 4.74 Å². The molecule has 88 valence electrons. The molecule has 0 fully saturated rings. The molecule has 0 amide bonds. The maximum atomic E-state index is 5.76. The molecule has 2 nitrogen and oxygen atoms in total. The minimum Gasteiger partial charge on any atom is -0.496 e. The molecule has 2 heteroatoms. The molecular weight excluding hydrogens is 200 g/mol. The van der Waals surface area contributed by atoms with Crippen molar-refractivity contribution in [2.24, 2.45) is 0 Å². The quantitative estimate of drug-likeness (QED) is 0.758. The average Bonchev–Trinajstić information content (AvgIpc) is 2.30. The van der Waals surface area contributed by atoms with E-state index in [0.717, 1.165) is 18.6 Å². The van der Waals surface area contributed by atoms with Crippen LogP contribution >= 0.6 is 0 Å². The normalized spacial score (nSPS) is 22.4. The second kappa shape index (κ2) is 4.46. The minimum atomic E-state index is -0.0854. The van der Waals surface area contributed by atoms with Gasteiger partial charge in [-0.25, -0.2) is 0 Å². The van der Waals surface area contributed by atoms with Gasteiger partial charge in [-0.2, -0.15) is 0 Å². The molecule has 1 atom stereocenters. The molecule has 1 aliphatic rings. The molecule has 0 radical (unpaired) electrons. The lowest BCUT2D eigenvalue weighted by atomic mass is 9.70. The highest BCUT2D eigenvalue weighted by Gasteiger charge is 2.44. The first-order valence-electron chi connectivity index (χ1n) is 5.99. The summed E-state index contributed by atoms with van der Waals surface area (Å²) in [5.41, 5.74) is 2.56. The third kappa shape index (κ3) is 1.61. The van der Waals surface area contributed by atoms with Crippen molar-refractivity contribution in [3.8, 4) is 5.75 Å². The molecule has 0 saturated heterocycles. The lowest BCUT2D eigenvalue weighted by molar-refractivity contribution is -0.0456. The lowest BCUT2D eigenvalue weighted by Gasteiger charge is -2.43. The van der Waals surface area contributed by atoms with Crippen molar-refractivity contribution in [2.45, 2.75) is 38.2 Å². The second-order valence-electron chi connectivity index (χ2n) is 4.47. The molecule has 0 spiro atoms. The first kappa shape index (κ1) is 11.5. The summed E-state index contributed by atoms with van der Waals surface area (Å²) in [6.07, 6.45) is 4.52. The van der Waals surface area contributed by atoms with E-state index in [1.165, 1.54) is 24.0 Å². The Labute approximate surface area is 97.6 Å². The Morgan fingerprint density at radius 3 is 2.75 bits per heavy atom. The van der Waals surface area contributed by atoms with Gasteiger partial charge in [0.15, 0.2) is 0 Å². The van der Waals surface area contributed by atoms with E-state index in [-0.39, 0.29) is 5.60 Å². The van der Waals surface area contributed by atoms with Crippen LogP contribution in [0.25, 0.3) is 0 Å². The standard InChI is InChI=1S/C14H20O2/c1-4-5-9-14(16-3)10-11-7-6-8-12(15-2)13(11)14/h6-8H,4-5,9-10H2,1-3H3. The van der Waals surface area contributed by atoms with Crippen LogP contribution in [-0.4, -0.2) is 14.2 Å². The Balaban J connectivity index is 2.31. The van der Waals surface area contributed by atoms with Gasteiger partial charge in [-0.15, -0.1) is 0 Å². The fraction of sp³-hybridized carbons (Fsp3) is 0.571. The lowest BCUT2D eigenvalue weighted by Crippen LogP contribution is -2.41. The highest BCUT2D eigenvalue weighted by Crippen LogP contribution is 2.49. The molecule has 1 aromatic carbocycles. The van der Waals surface area contributed by atoms with Gasteiger partial charge in [0.2, 0.25) is 0 Å². The van der Waals surface area contributed by atoms with Gasteiger partial charge in [0.25, 0.3) is 0 Å². The fourth-order valence-electron chi connectivity index (χ4n) is 2.65. The summed E-state index contributed by atoms with van der Waals surface area (Å²) in [5, 5.41) is 0. The van der Waals surface area contributed by atoms with Gasteiger partial charge in [0.1, 0.15) is 11.4 Å². The van der Waals surface area contributed by atoms with Crippen LogP contribution in [0.3, 0.4) is 0 Å². The smallest absolute Gasteiger partial charge is 0.125 e. The predicted molar refractivity (Wildman–Crippen MR) is 64.9 cm³/mol. The molecule has 2 rings (SSSR count). The summed E-state index contributed by atoms with van der Waals surface area (Å²) in [6, 6.07) is 6.25. The van der Waals surface area contributed by atoms with Gasteiger partial charge in [-0.1, -0.05) is 31.9 Å². The van der Waals surface area contributed by atoms with Gasteiger partial charge in [-0.05, 0) is 18.1 Å². The van der Waals surface area contributed by atoms with Gasteiger partial charge in [-0.3, -0.25) is 0 Å². The predicted octanol–water partition coefficient (Wildman–Crippen LogP) is 3.28. The number of fused-ring (bicyclic) bond motifs is 1. The topological polar surface area (TPSA) is 18.5 Å². The highest BCUT2D eigenvalue weighted by molar-refractivity contribution is 5.52. The Hall–Kier alpha value is -1.02. The van der Waals surface area contributed by atoms with E-state index < -0.39 is 0 Å². The highest BCUT2D eigenvalue weighted by atomic mass is 16.5. The zero-order valence-electron chi connectivity index (χ0n) is 10.4. The number of methoxy groups -OCH3 is 2. The zero-order valence-corrected chi connectivity index (χ0v) is 10.4. The van der Waals surface area contributed by atoms with Crippen molar-refractivity contribution in [1.82, 2.24) is 0 Å². The number of unbranched alkanes of at least 4 members (excludes halogenated alkanes) is 1. The van der Waals surface area contributed by atoms with Crippen LogP contribution in [-0.2, 0) is 16.8 Å². The Bertz CT molecular complexity index is 373. The van der Waals surface area contributed by atoms with Gasteiger partial charge in [0.05, 0.1) is 7.11 Å². The van der Waals surface area contributed by atoms with Gasteiger partial charge in [0, 0.05) is 19.1 Å². The Morgan fingerprint density at radius 1 is 1.31 bits per heavy atom. The summed E-state index contributed by atoms with van der Waals surface area (Å²) in [4.78, 5) is 0. The van der Waals surface area contributed by atoms with Crippen LogP contribution in [0.1, 0.15) is 37.3 Å². The zero-order chi connectivity index (χ0) is 11.6. The van der Waals surface area contributed by atoms with E-state index in [0.29, 0.717) is 0 Å². The minimum absolute atomic E-state index is 0.0854. The van der Waals surface area contributed by atoms with Gasteiger partial charge >= 0.3 is 0 Å². The maximum Gasteiger partial charge on any atom is 0.125 e. The number of rotatable bonds is 5. The van der Waals surface area contributed by atoms with Crippen molar-refractivity contribution in [1.29, 1.82) is 0 Å². The van der Waals surface area contributed by atoms with Crippen molar-refractivity contribution >= 4 is 0 Å². The first-order chi connectivity index (χ1) is 7.77. The summed E-state index contributed by atoms with van der Waals surface area (Å²) in [7, 11) is 3.54. The molecule has 1 aliphatic carbocycles. The Morgan fingerprint density at radius 2 is 2.12 bits per heavy atom. The third-order valence-electron chi connectivity index (χ3n) is 3.59. The molecule has 0 aromatic heterocycles. The van der Waals surface area contributed by atoms with Crippen molar-refractivity contribution < 1.29 is 9.47 Å². The first-order valence-corrected chi connectivity index (χ1v) is 5.99. The van der Waals surface area contributed by atoms with E-state index >= 15 is 0 Å². The van der Waals surface area contributed by atoms with Crippen molar-refractivity contribution in [2.75, 3.05) is 14.2 Å². The van der Waals surface area contributed by atoms with Crippen molar-refractivity contribution in [3.63, 3.8) is 0 Å². The van der Waals surface area contributed by atoms with E-state index in [2.05, 4.69) is 19.1 Å². The largest absolute Gasteiger partial charge is 0.496 e. The molecule has 16 heavy (non-hydrogen) atoms.